The van der Waals surface area contributed by atoms with Gasteiger partial charge in [-0.05, 0) is 12.1 Å². The molecule has 6 rings (SSSR count). The number of aromatic amines is 1. The Morgan fingerprint density at radius 1 is 0.643 bits per heavy atom. The SMILES string of the molecule is [C-]#[N+]Cc1nc(CC#N)cc(C(C#N)=C2N=c3nc([N+]#[C-])c([N+]#[C-])nc3=N2)n1.[C-]#[N+]Cc1nc(CC#N)cc(C(C#N)c2nc3nc([N+]#[C-])c([N+]#[C-])nc3[nH]2)n1. The highest BCUT2D eigenvalue weighted by atomic mass is 15.1. The number of fused-ring (bicyclic) bond motifs is 2. The summed E-state index contributed by atoms with van der Waals surface area (Å²) in [5.74, 6) is -1.20. The topological polar surface area (TPSA) is 278 Å². The number of hydrogen-bond donors (Lipinski definition) is 1. The van der Waals surface area contributed by atoms with Crippen molar-refractivity contribution in [2.45, 2.75) is 31.8 Å². The number of H-pyrrole nitrogens is 1. The van der Waals surface area contributed by atoms with Gasteiger partial charge < -0.3 is 34.1 Å². The van der Waals surface area contributed by atoms with Crippen LogP contribution in [0.5, 0.6) is 0 Å². The lowest BCUT2D eigenvalue weighted by atomic mass is 10.0. The van der Waals surface area contributed by atoms with Crippen LogP contribution in [0.2, 0.25) is 0 Å². The van der Waals surface area contributed by atoms with Crippen molar-refractivity contribution in [3.05, 3.63) is 138 Å². The molecule has 0 spiro atoms. The fourth-order valence-electron chi connectivity index (χ4n) is 4.68. The molecule has 1 atom stereocenters. The summed E-state index contributed by atoms with van der Waals surface area (Å²) in [4.78, 5) is 66.9. The minimum absolute atomic E-state index is 0.00460. The van der Waals surface area contributed by atoms with E-state index < -0.39 is 5.92 Å². The van der Waals surface area contributed by atoms with Crippen molar-refractivity contribution in [1.29, 1.82) is 21.0 Å². The van der Waals surface area contributed by atoms with Crippen molar-refractivity contribution in [3.63, 3.8) is 0 Å². The molecule has 5 aromatic rings. The summed E-state index contributed by atoms with van der Waals surface area (Å²) in [6.07, 6.45) is -0.0143. The molecule has 0 fully saturated rings. The molecule has 0 aromatic carbocycles. The van der Waals surface area contributed by atoms with Crippen LogP contribution in [0.25, 0.3) is 45.9 Å². The first-order chi connectivity index (χ1) is 27.3. The normalized spacial score (nSPS) is 10.8. The number of imidazole rings is 1. The van der Waals surface area contributed by atoms with Gasteiger partial charge in [-0.1, -0.05) is 26.3 Å². The first-order valence-corrected chi connectivity index (χ1v) is 15.1. The van der Waals surface area contributed by atoms with Gasteiger partial charge in [-0.3, -0.25) is 0 Å². The molecule has 0 bridgehead atoms. The van der Waals surface area contributed by atoms with Crippen LogP contribution in [0.15, 0.2) is 27.9 Å². The molecule has 1 aliphatic rings. The monoisotopic (exact) mass is 728 g/mol. The molecule has 0 saturated carbocycles. The van der Waals surface area contributed by atoms with Crippen LogP contribution in [-0.4, -0.2) is 49.8 Å². The third kappa shape index (κ3) is 7.83. The third-order valence-corrected chi connectivity index (χ3v) is 6.91. The lowest BCUT2D eigenvalue weighted by Gasteiger charge is -2.07. The fraction of sp³-hybridized carbons (Fsp3) is 0.147. The average molecular weight is 729 g/mol. The molecule has 0 amide bonds. The van der Waals surface area contributed by atoms with Crippen LogP contribution in [-0.2, 0) is 25.9 Å². The van der Waals surface area contributed by atoms with Gasteiger partial charge in [-0.2, -0.15) is 36.0 Å². The van der Waals surface area contributed by atoms with Crippen molar-refractivity contribution >= 4 is 40.1 Å². The molecule has 1 N–H and O–H groups in total. The molecule has 22 nitrogen and oxygen atoms in total. The van der Waals surface area contributed by atoms with Crippen LogP contribution in [0.3, 0.4) is 0 Å². The quantitative estimate of drug-likeness (QED) is 0.186. The first kappa shape index (κ1) is 37.3. The Balaban J connectivity index is 0.000000214. The van der Waals surface area contributed by atoms with Gasteiger partial charge in [-0.15, -0.1) is 19.9 Å². The smallest absolute Gasteiger partial charge is 0.317 e. The second-order valence-electron chi connectivity index (χ2n) is 10.4. The number of aromatic nitrogens is 10. The second kappa shape index (κ2) is 16.8. The van der Waals surface area contributed by atoms with Gasteiger partial charge in [0.15, 0.2) is 5.82 Å². The van der Waals surface area contributed by atoms with E-state index in [0.717, 1.165) is 0 Å². The summed E-state index contributed by atoms with van der Waals surface area (Å²) < 4.78 is 0. The molecular formula is C34H12N22. The zero-order valence-corrected chi connectivity index (χ0v) is 28.0. The van der Waals surface area contributed by atoms with Crippen LogP contribution < -0.4 is 11.0 Å². The predicted molar refractivity (Wildman–Crippen MR) is 184 cm³/mol. The molecule has 0 saturated heterocycles. The van der Waals surface area contributed by atoms with Crippen LogP contribution in [0, 0.1) is 84.8 Å². The average Bonchev–Trinajstić information content (AvgIpc) is 3.81. The maximum absolute atomic E-state index is 9.67. The Morgan fingerprint density at radius 2 is 1.18 bits per heavy atom. The zero-order chi connectivity index (χ0) is 40.2. The molecule has 0 radical (unpaired) electrons. The van der Waals surface area contributed by atoms with E-state index in [0.29, 0.717) is 11.4 Å². The largest absolute Gasteiger partial charge is 0.370 e. The number of nitrogens with zero attached hydrogens (tertiary/aromatic N) is 21. The van der Waals surface area contributed by atoms with Gasteiger partial charge in [0.1, 0.15) is 23.4 Å². The standard InChI is InChI=1S/C17H7N11.C17H5N11/c2*1-20-8-12-23-9(4-5-18)6-11(24-12)10(7-19)13-25-16-17(26-13)28-15(22-3)14(21-2)27-16/h6,10H,4,8H2,(H,25,26,27,28);6H,4,8H2. The lowest BCUT2D eigenvalue weighted by Crippen LogP contribution is -2.28. The van der Waals surface area contributed by atoms with Crippen LogP contribution in [0.4, 0.5) is 23.3 Å². The molecule has 6 heterocycles. The number of nitriles is 4. The van der Waals surface area contributed by atoms with Gasteiger partial charge in [-0.25, -0.2) is 33.1 Å². The lowest BCUT2D eigenvalue weighted by molar-refractivity contribution is 0.832. The molecule has 22 heteroatoms. The van der Waals surface area contributed by atoms with E-state index in [1.165, 1.54) is 12.1 Å². The Morgan fingerprint density at radius 3 is 1.70 bits per heavy atom. The van der Waals surface area contributed by atoms with Crippen molar-refractivity contribution < 1.29 is 0 Å². The summed E-state index contributed by atoms with van der Waals surface area (Å²) in [5.41, 5.74) is 1.47. The molecular weight excluding hydrogens is 717 g/mol. The number of rotatable bonds is 7. The highest BCUT2D eigenvalue weighted by molar-refractivity contribution is 5.77. The highest BCUT2D eigenvalue weighted by Gasteiger charge is 2.26. The van der Waals surface area contributed by atoms with E-state index in [1.54, 1.807) is 0 Å². The van der Waals surface area contributed by atoms with Gasteiger partial charge >= 0.3 is 16.6 Å². The second-order valence-corrected chi connectivity index (χ2v) is 10.4. The number of allylic oxidation sites excluding steroid dienone is 1. The Labute approximate surface area is 314 Å². The van der Waals surface area contributed by atoms with E-state index in [2.05, 4.69) is 95.0 Å². The van der Waals surface area contributed by atoms with E-state index >= 15 is 0 Å². The summed E-state index contributed by atoms with van der Waals surface area (Å²) in [6, 6.07) is 10.9. The van der Waals surface area contributed by atoms with E-state index in [4.69, 9.17) is 50.0 Å². The summed E-state index contributed by atoms with van der Waals surface area (Å²) >= 11 is 0. The van der Waals surface area contributed by atoms with Gasteiger partial charge in [0.05, 0.1) is 53.8 Å². The Bertz CT molecular complexity index is 2890. The van der Waals surface area contributed by atoms with Crippen molar-refractivity contribution in [2.75, 3.05) is 0 Å². The van der Waals surface area contributed by atoms with Gasteiger partial charge in [0, 0.05) is 0 Å². The van der Waals surface area contributed by atoms with Crippen molar-refractivity contribution in [1.82, 2.24) is 49.8 Å². The van der Waals surface area contributed by atoms with Crippen molar-refractivity contribution in [3.8, 4) is 24.3 Å². The van der Waals surface area contributed by atoms with Gasteiger partial charge in [0.2, 0.25) is 11.6 Å². The first-order valence-electron chi connectivity index (χ1n) is 15.1. The summed E-state index contributed by atoms with van der Waals surface area (Å²) in [5, 5.41) is 37.1. The maximum atomic E-state index is 9.67. The Kier molecular flexibility index (Phi) is 11.2. The van der Waals surface area contributed by atoms with Crippen molar-refractivity contribution in [2.24, 2.45) is 9.98 Å². The maximum Gasteiger partial charge on any atom is 0.317 e. The molecule has 5 aromatic heterocycles. The number of hydrogen-bond acceptors (Lipinski definition) is 15. The zero-order valence-electron chi connectivity index (χ0n) is 28.0. The summed E-state index contributed by atoms with van der Waals surface area (Å²) in [7, 11) is 0. The molecule has 0 aliphatic carbocycles. The van der Waals surface area contributed by atoms with E-state index in [-0.39, 0.29) is 112 Å². The number of nitrogens with one attached hydrogen (secondary N) is 1. The van der Waals surface area contributed by atoms with E-state index in [1.807, 2.05) is 18.2 Å². The Hall–Kier alpha value is -9.97. The minimum Gasteiger partial charge on any atom is -0.370 e. The van der Waals surface area contributed by atoms with Gasteiger partial charge in [0.25, 0.3) is 42.0 Å². The molecule has 1 aliphatic heterocycles. The molecule has 56 heavy (non-hydrogen) atoms. The third-order valence-electron chi connectivity index (χ3n) is 6.91. The molecule has 258 valence electrons. The molecule has 1 unspecified atom stereocenters. The van der Waals surface area contributed by atoms with Crippen LogP contribution in [0.1, 0.15) is 46.2 Å². The minimum atomic E-state index is -0.964. The fourth-order valence-corrected chi connectivity index (χ4v) is 4.68. The predicted octanol–water partition coefficient (Wildman–Crippen LogP) is 3.38. The highest BCUT2D eigenvalue weighted by Crippen LogP contribution is 2.28. The van der Waals surface area contributed by atoms with E-state index in [9.17, 15) is 10.5 Å². The summed E-state index contributed by atoms with van der Waals surface area (Å²) in [6.45, 7) is 42.0. The van der Waals surface area contributed by atoms with Crippen LogP contribution >= 0.6 is 0 Å².